The Balaban J connectivity index is 0.00000225. The third-order valence-corrected chi connectivity index (χ3v) is 4.72. The first-order valence-corrected chi connectivity index (χ1v) is 8.35. The maximum Gasteiger partial charge on any atom is 0.119 e. The van der Waals surface area contributed by atoms with Crippen LogP contribution < -0.4 is 9.47 Å². The monoisotopic (exact) mass is 363 g/mol. The number of piperidine rings is 1. The summed E-state index contributed by atoms with van der Waals surface area (Å²) in [5.74, 6) is 1.65. The van der Waals surface area contributed by atoms with Crippen LogP contribution in [0.5, 0.6) is 11.5 Å². The number of hydrogen-bond acceptors (Lipinski definition) is 4. The molecule has 0 aliphatic carbocycles. The van der Waals surface area contributed by atoms with E-state index in [-0.39, 0.29) is 12.4 Å². The Bertz CT molecular complexity index is 677. The molecule has 1 aliphatic heterocycles. The van der Waals surface area contributed by atoms with Crippen molar-refractivity contribution in [1.82, 2.24) is 4.90 Å². The molecule has 0 radical (unpaired) electrons. The van der Waals surface area contributed by atoms with E-state index in [1.165, 1.54) is 5.56 Å². The summed E-state index contributed by atoms with van der Waals surface area (Å²) in [5.41, 5.74) is 1.34. The zero-order valence-electron chi connectivity index (χ0n) is 14.8. The average Bonchev–Trinajstić information content (AvgIpc) is 2.62. The van der Waals surface area contributed by atoms with Crippen molar-refractivity contribution in [2.75, 3.05) is 27.3 Å². The number of methoxy groups -OCH3 is 2. The van der Waals surface area contributed by atoms with E-state index >= 15 is 0 Å². The van der Waals surface area contributed by atoms with Gasteiger partial charge in [-0.05, 0) is 54.8 Å². The number of rotatable bonds is 5. The Labute approximate surface area is 155 Å². The summed E-state index contributed by atoms with van der Waals surface area (Å²) in [6, 6.07) is 15.9. The molecule has 2 aromatic carbocycles. The van der Waals surface area contributed by atoms with Crippen molar-refractivity contribution in [1.29, 1.82) is 0 Å². The van der Waals surface area contributed by atoms with Crippen LogP contribution in [0, 0.1) is 0 Å². The Morgan fingerprint density at radius 1 is 1.04 bits per heavy atom. The van der Waals surface area contributed by atoms with Gasteiger partial charge in [-0.2, -0.15) is 0 Å². The zero-order chi connectivity index (χ0) is 17.0. The van der Waals surface area contributed by atoms with E-state index < -0.39 is 5.60 Å². The maximum absolute atomic E-state index is 11.2. The van der Waals surface area contributed by atoms with E-state index in [1.54, 1.807) is 14.2 Å². The van der Waals surface area contributed by atoms with Crippen LogP contribution in [0.25, 0.3) is 0 Å². The highest BCUT2D eigenvalue weighted by molar-refractivity contribution is 5.85. The van der Waals surface area contributed by atoms with Crippen LogP contribution >= 0.6 is 12.4 Å². The van der Waals surface area contributed by atoms with E-state index in [0.717, 1.165) is 43.0 Å². The van der Waals surface area contributed by atoms with Crippen molar-refractivity contribution in [3.63, 3.8) is 0 Å². The van der Waals surface area contributed by atoms with Gasteiger partial charge in [0.25, 0.3) is 0 Å². The molecule has 0 saturated carbocycles. The lowest BCUT2D eigenvalue weighted by molar-refractivity contribution is -0.0382. The summed E-state index contributed by atoms with van der Waals surface area (Å²) in [6.07, 6.45) is 1.75. The number of likely N-dealkylation sites (tertiary alicyclic amines) is 1. The fourth-order valence-electron chi connectivity index (χ4n) is 3.40. The van der Waals surface area contributed by atoms with Gasteiger partial charge >= 0.3 is 0 Å². The molecule has 1 aliphatic rings. The summed E-state index contributed by atoms with van der Waals surface area (Å²) in [4.78, 5) is 2.31. The van der Waals surface area contributed by atoms with Gasteiger partial charge in [-0.15, -0.1) is 12.4 Å². The molecule has 5 heteroatoms. The van der Waals surface area contributed by atoms with E-state index in [0.29, 0.717) is 6.54 Å². The first-order valence-electron chi connectivity index (χ1n) is 8.35. The van der Waals surface area contributed by atoms with E-state index in [1.807, 2.05) is 36.4 Å². The van der Waals surface area contributed by atoms with Crippen molar-refractivity contribution in [2.45, 2.75) is 25.0 Å². The molecular weight excluding hydrogens is 338 g/mol. The zero-order valence-corrected chi connectivity index (χ0v) is 15.6. The highest BCUT2D eigenvalue weighted by atomic mass is 35.5. The van der Waals surface area contributed by atoms with Crippen molar-refractivity contribution in [2.24, 2.45) is 0 Å². The number of halogens is 1. The molecular formula is C20H26ClNO3. The molecule has 1 atom stereocenters. The van der Waals surface area contributed by atoms with Gasteiger partial charge in [0.1, 0.15) is 17.1 Å². The summed E-state index contributed by atoms with van der Waals surface area (Å²) in [7, 11) is 3.33. The van der Waals surface area contributed by atoms with Gasteiger partial charge < -0.3 is 14.6 Å². The molecule has 1 N–H and O–H groups in total. The Morgan fingerprint density at radius 3 is 2.44 bits per heavy atom. The lowest BCUT2D eigenvalue weighted by Gasteiger charge is -2.39. The van der Waals surface area contributed by atoms with Gasteiger partial charge in [-0.3, -0.25) is 4.90 Å². The van der Waals surface area contributed by atoms with E-state index in [4.69, 9.17) is 9.47 Å². The molecule has 3 rings (SSSR count). The molecule has 25 heavy (non-hydrogen) atoms. The highest BCUT2D eigenvalue weighted by Gasteiger charge is 2.35. The summed E-state index contributed by atoms with van der Waals surface area (Å²) >= 11 is 0. The van der Waals surface area contributed by atoms with Crippen molar-refractivity contribution in [3.05, 3.63) is 59.7 Å². The maximum atomic E-state index is 11.2. The SMILES string of the molecule is COc1ccc(CN2CCCC(O)(c3cccc(OC)c3)C2)cc1.Cl. The fraction of sp³-hybridized carbons (Fsp3) is 0.400. The molecule has 0 spiro atoms. The van der Waals surface area contributed by atoms with Gasteiger partial charge in [0.2, 0.25) is 0 Å². The summed E-state index contributed by atoms with van der Waals surface area (Å²) in [5, 5.41) is 11.2. The number of aliphatic hydroxyl groups is 1. The van der Waals surface area contributed by atoms with Crippen LogP contribution in [0.1, 0.15) is 24.0 Å². The molecule has 1 fully saturated rings. The van der Waals surface area contributed by atoms with E-state index in [2.05, 4.69) is 17.0 Å². The minimum Gasteiger partial charge on any atom is -0.497 e. The number of ether oxygens (including phenoxy) is 2. The second-order valence-corrected chi connectivity index (χ2v) is 6.43. The van der Waals surface area contributed by atoms with Gasteiger partial charge in [-0.1, -0.05) is 24.3 Å². The van der Waals surface area contributed by atoms with Gasteiger partial charge in [-0.25, -0.2) is 0 Å². The number of nitrogens with zero attached hydrogens (tertiary/aromatic N) is 1. The normalized spacial score (nSPS) is 20.6. The second kappa shape index (κ2) is 8.56. The molecule has 1 heterocycles. The van der Waals surface area contributed by atoms with Crippen LogP contribution in [-0.2, 0) is 12.1 Å². The number of benzene rings is 2. The molecule has 0 aromatic heterocycles. The predicted molar refractivity (Wildman–Crippen MR) is 102 cm³/mol. The van der Waals surface area contributed by atoms with Crippen molar-refractivity contribution in [3.8, 4) is 11.5 Å². The summed E-state index contributed by atoms with van der Waals surface area (Å²) < 4.78 is 10.5. The predicted octanol–water partition coefficient (Wildman–Crippen LogP) is 3.61. The average molecular weight is 364 g/mol. The fourth-order valence-corrected chi connectivity index (χ4v) is 3.40. The van der Waals surface area contributed by atoms with Gasteiger partial charge in [0.05, 0.1) is 14.2 Å². The molecule has 1 saturated heterocycles. The number of hydrogen-bond donors (Lipinski definition) is 1. The third kappa shape index (κ3) is 4.66. The number of β-amino-alcohol motifs (C(OH)–C–C–N with tert-alkyl or cyclic N) is 1. The smallest absolute Gasteiger partial charge is 0.119 e. The summed E-state index contributed by atoms with van der Waals surface area (Å²) in [6.45, 7) is 2.46. The molecule has 0 bridgehead atoms. The Hall–Kier alpha value is -1.75. The minimum absolute atomic E-state index is 0. The van der Waals surface area contributed by atoms with Crippen LogP contribution in [0.15, 0.2) is 48.5 Å². The van der Waals surface area contributed by atoms with Crippen LogP contribution in [-0.4, -0.2) is 37.3 Å². The topological polar surface area (TPSA) is 41.9 Å². The standard InChI is InChI=1S/C20H25NO3.ClH/c1-23-18-9-7-16(8-10-18)14-21-12-4-11-20(22,15-21)17-5-3-6-19(13-17)24-2;/h3,5-10,13,22H,4,11-12,14-15H2,1-2H3;1H. The first kappa shape index (κ1) is 19.6. The quantitative estimate of drug-likeness (QED) is 0.881. The van der Waals surface area contributed by atoms with Gasteiger partial charge in [0, 0.05) is 13.1 Å². The molecule has 4 nitrogen and oxygen atoms in total. The molecule has 1 unspecified atom stereocenters. The van der Waals surface area contributed by atoms with Crippen LogP contribution in [0.3, 0.4) is 0 Å². The third-order valence-electron chi connectivity index (χ3n) is 4.72. The Kier molecular flexibility index (Phi) is 6.71. The Morgan fingerprint density at radius 2 is 1.76 bits per heavy atom. The second-order valence-electron chi connectivity index (χ2n) is 6.43. The molecule has 0 amide bonds. The van der Waals surface area contributed by atoms with Crippen molar-refractivity contribution < 1.29 is 14.6 Å². The lowest BCUT2D eigenvalue weighted by atomic mass is 9.85. The largest absolute Gasteiger partial charge is 0.497 e. The first-order chi connectivity index (χ1) is 11.6. The lowest BCUT2D eigenvalue weighted by Crippen LogP contribution is -2.45. The van der Waals surface area contributed by atoms with Crippen LogP contribution in [0.2, 0.25) is 0 Å². The molecule has 2 aromatic rings. The van der Waals surface area contributed by atoms with Crippen molar-refractivity contribution >= 4 is 12.4 Å². The minimum atomic E-state index is -0.820. The van der Waals surface area contributed by atoms with Gasteiger partial charge in [0.15, 0.2) is 0 Å². The molecule has 136 valence electrons. The van der Waals surface area contributed by atoms with E-state index in [9.17, 15) is 5.11 Å². The highest BCUT2D eigenvalue weighted by Crippen LogP contribution is 2.33. The van der Waals surface area contributed by atoms with Crippen LogP contribution in [0.4, 0.5) is 0 Å².